The second kappa shape index (κ2) is 9.76. The summed E-state index contributed by atoms with van der Waals surface area (Å²) in [7, 11) is 0. The summed E-state index contributed by atoms with van der Waals surface area (Å²) in [4.78, 5) is 0. The predicted molar refractivity (Wildman–Crippen MR) is 200 cm³/mol. The summed E-state index contributed by atoms with van der Waals surface area (Å²) < 4.78 is 0. The van der Waals surface area contributed by atoms with Crippen molar-refractivity contribution >= 4 is 75.4 Å². The lowest BCUT2D eigenvalue weighted by Crippen LogP contribution is -1.87. The molecule has 0 aromatic heterocycles. The van der Waals surface area contributed by atoms with Crippen LogP contribution in [0.3, 0.4) is 0 Å². The number of fused-ring (bicyclic) bond motifs is 13. The summed E-state index contributed by atoms with van der Waals surface area (Å²) in [6, 6.07) is 62.9. The average molecular weight is 581 g/mol. The molecule has 0 amide bonds. The van der Waals surface area contributed by atoms with E-state index in [1.807, 2.05) is 0 Å². The molecule has 0 fully saturated rings. The van der Waals surface area contributed by atoms with Crippen LogP contribution in [0.25, 0.3) is 97.7 Å². The van der Waals surface area contributed by atoms with E-state index in [1.165, 1.54) is 97.7 Å². The van der Waals surface area contributed by atoms with Gasteiger partial charge < -0.3 is 0 Å². The van der Waals surface area contributed by atoms with Crippen LogP contribution in [0.15, 0.2) is 170 Å². The molecule has 10 aromatic carbocycles. The molecule has 0 bridgehead atoms. The van der Waals surface area contributed by atoms with Crippen molar-refractivity contribution in [2.45, 2.75) is 0 Å². The third kappa shape index (κ3) is 3.68. The summed E-state index contributed by atoms with van der Waals surface area (Å²) in [5.74, 6) is 0. The minimum absolute atomic E-state index is 1.23. The van der Waals surface area contributed by atoms with Gasteiger partial charge in [-0.05, 0) is 116 Å². The van der Waals surface area contributed by atoms with Crippen LogP contribution >= 0.6 is 0 Å². The van der Waals surface area contributed by atoms with Gasteiger partial charge in [-0.15, -0.1) is 0 Å². The zero-order valence-electron chi connectivity index (χ0n) is 25.2. The SMILES string of the molecule is c1cc(-c2ccc3c4ccccc4c4ccccc4c3c2)c2cc(-c3ccc4c5ccccc5c5ccccc5c4c3)ccc2c1. The summed E-state index contributed by atoms with van der Waals surface area (Å²) in [6.07, 6.45) is 0. The molecule has 0 atom stereocenters. The van der Waals surface area contributed by atoms with Crippen molar-refractivity contribution in [2.24, 2.45) is 0 Å². The molecule has 0 saturated carbocycles. The molecule has 212 valence electrons. The van der Waals surface area contributed by atoms with Crippen LogP contribution in [0.1, 0.15) is 0 Å². The van der Waals surface area contributed by atoms with Gasteiger partial charge in [-0.1, -0.05) is 152 Å². The maximum atomic E-state index is 2.40. The minimum Gasteiger partial charge on any atom is -0.0616 e. The molecule has 10 rings (SSSR count). The first-order valence-electron chi connectivity index (χ1n) is 16.0. The van der Waals surface area contributed by atoms with Crippen molar-refractivity contribution in [1.82, 2.24) is 0 Å². The second-order valence-corrected chi connectivity index (χ2v) is 12.4. The van der Waals surface area contributed by atoms with E-state index in [0.29, 0.717) is 0 Å². The Morgan fingerprint density at radius 3 is 1.02 bits per heavy atom. The van der Waals surface area contributed by atoms with Crippen LogP contribution in [0, 0.1) is 0 Å². The third-order valence-corrected chi connectivity index (χ3v) is 10.0. The second-order valence-electron chi connectivity index (χ2n) is 12.4. The topological polar surface area (TPSA) is 0 Å². The first kappa shape index (κ1) is 25.4. The Bertz CT molecular complexity index is 2780. The van der Waals surface area contributed by atoms with E-state index in [1.54, 1.807) is 0 Å². The highest BCUT2D eigenvalue weighted by Gasteiger charge is 2.13. The molecular formula is C46H28. The van der Waals surface area contributed by atoms with Gasteiger partial charge in [0, 0.05) is 0 Å². The van der Waals surface area contributed by atoms with Gasteiger partial charge in [0.1, 0.15) is 0 Å². The molecule has 0 nitrogen and oxygen atoms in total. The van der Waals surface area contributed by atoms with Crippen LogP contribution < -0.4 is 0 Å². The fourth-order valence-electron chi connectivity index (χ4n) is 7.87. The molecule has 0 radical (unpaired) electrons. The predicted octanol–water partition coefficient (Wildman–Crippen LogP) is 13.1. The smallest absolute Gasteiger partial charge is 0.00928 e. The van der Waals surface area contributed by atoms with Crippen LogP contribution in [0.4, 0.5) is 0 Å². The Balaban J connectivity index is 1.19. The highest BCUT2D eigenvalue weighted by Crippen LogP contribution is 2.41. The van der Waals surface area contributed by atoms with Crippen LogP contribution in [0.5, 0.6) is 0 Å². The van der Waals surface area contributed by atoms with Gasteiger partial charge in [0.2, 0.25) is 0 Å². The largest absolute Gasteiger partial charge is 0.0616 e. The van der Waals surface area contributed by atoms with Gasteiger partial charge >= 0.3 is 0 Å². The van der Waals surface area contributed by atoms with E-state index >= 15 is 0 Å². The molecule has 0 unspecified atom stereocenters. The van der Waals surface area contributed by atoms with Gasteiger partial charge in [-0.2, -0.15) is 0 Å². The highest BCUT2D eigenvalue weighted by atomic mass is 14.2. The van der Waals surface area contributed by atoms with Crippen LogP contribution in [0.2, 0.25) is 0 Å². The van der Waals surface area contributed by atoms with Gasteiger partial charge in [0.15, 0.2) is 0 Å². The Morgan fingerprint density at radius 2 is 0.543 bits per heavy atom. The first-order chi connectivity index (χ1) is 22.8. The van der Waals surface area contributed by atoms with E-state index in [9.17, 15) is 0 Å². The summed E-state index contributed by atoms with van der Waals surface area (Å²) >= 11 is 0. The van der Waals surface area contributed by atoms with Crippen molar-refractivity contribution in [3.63, 3.8) is 0 Å². The molecule has 0 N–H and O–H groups in total. The molecule has 0 aliphatic heterocycles. The maximum Gasteiger partial charge on any atom is -0.00928 e. The fourth-order valence-corrected chi connectivity index (χ4v) is 7.87. The molecule has 0 spiro atoms. The number of hydrogen-bond donors (Lipinski definition) is 0. The van der Waals surface area contributed by atoms with Gasteiger partial charge in [-0.25, -0.2) is 0 Å². The zero-order chi connectivity index (χ0) is 30.2. The van der Waals surface area contributed by atoms with Crippen LogP contribution in [-0.4, -0.2) is 0 Å². The summed E-state index contributed by atoms with van der Waals surface area (Å²) in [5.41, 5.74) is 4.97. The fraction of sp³-hybridized carbons (Fsp3) is 0. The third-order valence-electron chi connectivity index (χ3n) is 10.0. The quantitative estimate of drug-likeness (QED) is 0.178. The zero-order valence-corrected chi connectivity index (χ0v) is 25.2. The Morgan fingerprint density at radius 1 is 0.196 bits per heavy atom. The highest BCUT2D eigenvalue weighted by molar-refractivity contribution is 6.27. The lowest BCUT2D eigenvalue weighted by molar-refractivity contribution is 1.66. The van der Waals surface area contributed by atoms with Crippen molar-refractivity contribution in [3.8, 4) is 22.3 Å². The monoisotopic (exact) mass is 580 g/mol. The summed E-state index contributed by atoms with van der Waals surface area (Å²) in [6.45, 7) is 0. The van der Waals surface area contributed by atoms with E-state index in [4.69, 9.17) is 0 Å². The molecular weight excluding hydrogens is 553 g/mol. The van der Waals surface area contributed by atoms with Gasteiger partial charge in [0.25, 0.3) is 0 Å². The van der Waals surface area contributed by atoms with Gasteiger partial charge in [0.05, 0.1) is 0 Å². The first-order valence-corrected chi connectivity index (χ1v) is 16.0. The number of benzene rings is 10. The van der Waals surface area contributed by atoms with Crippen molar-refractivity contribution in [1.29, 1.82) is 0 Å². The Labute approximate surface area is 266 Å². The van der Waals surface area contributed by atoms with Gasteiger partial charge in [-0.3, -0.25) is 0 Å². The lowest BCUT2D eigenvalue weighted by atomic mass is 9.89. The van der Waals surface area contributed by atoms with E-state index in [0.717, 1.165) is 0 Å². The molecule has 10 aromatic rings. The molecule has 0 aliphatic carbocycles. The minimum atomic E-state index is 1.23. The van der Waals surface area contributed by atoms with E-state index in [-0.39, 0.29) is 0 Å². The Kier molecular flexibility index (Phi) is 5.38. The summed E-state index contributed by atoms with van der Waals surface area (Å²) in [5, 5.41) is 18.2. The molecule has 0 saturated heterocycles. The lowest BCUT2D eigenvalue weighted by Gasteiger charge is -2.14. The van der Waals surface area contributed by atoms with Crippen molar-refractivity contribution < 1.29 is 0 Å². The standard InChI is InChI=1S/C46H28/c1-3-15-38-34(11-1)36-13-5-7-17-40(36)45-27-31(22-24-42(38)45)30-21-20-29-10-9-19-33(44(29)26-30)32-23-25-43-39-16-4-2-12-35(39)37-14-6-8-18-41(37)46(43)28-32/h1-28H. The number of hydrogen-bond acceptors (Lipinski definition) is 0. The molecule has 46 heavy (non-hydrogen) atoms. The Hall–Kier alpha value is -5.98. The van der Waals surface area contributed by atoms with Crippen molar-refractivity contribution in [3.05, 3.63) is 170 Å². The molecule has 0 aliphatic rings. The van der Waals surface area contributed by atoms with Crippen LogP contribution in [-0.2, 0) is 0 Å². The van der Waals surface area contributed by atoms with Crippen molar-refractivity contribution in [2.75, 3.05) is 0 Å². The van der Waals surface area contributed by atoms with E-state index < -0.39 is 0 Å². The van der Waals surface area contributed by atoms with E-state index in [2.05, 4.69) is 170 Å². The maximum absolute atomic E-state index is 2.40. The molecule has 0 heteroatoms. The number of rotatable bonds is 2. The normalized spacial score (nSPS) is 11.9. The average Bonchev–Trinajstić information content (AvgIpc) is 3.14. The molecule has 0 heterocycles.